The van der Waals surface area contributed by atoms with Crippen LogP contribution in [0, 0.1) is 6.92 Å². The smallest absolute Gasteiger partial charge is 0.254 e. The maximum atomic E-state index is 12.5. The molecule has 1 heterocycles. The Labute approximate surface area is 136 Å². The van der Waals surface area contributed by atoms with Crippen molar-refractivity contribution in [1.29, 1.82) is 0 Å². The third-order valence-corrected chi connectivity index (χ3v) is 4.80. The van der Waals surface area contributed by atoms with Crippen molar-refractivity contribution in [1.82, 2.24) is 9.62 Å². The third-order valence-electron chi connectivity index (χ3n) is 4.13. The number of piperidine rings is 1. The average Bonchev–Trinajstić information content (AvgIpc) is 2.47. The van der Waals surface area contributed by atoms with Gasteiger partial charge in [0.05, 0.1) is 6.26 Å². The van der Waals surface area contributed by atoms with Crippen LogP contribution >= 0.6 is 0 Å². The predicted octanol–water partition coefficient (Wildman–Crippen LogP) is -0.518. The molecule has 0 radical (unpaired) electrons. The number of aliphatic hydroxyl groups is 2. The lowest BCUT2D eigenvalue weighted by molar-refractivity contribution is -0.107. The first-order valence-corrected chi connectivity index (χ1v) is 9.21. The summed E-state index contributed by atoms with van der Waals surface area (Å²) in [6.45, 7) is 1.75. The number of hydrogen-bond acceptors (Lipinski definition) is 5. The van der Waals surface area contributed by atoms with Gasteiger partial charge in [-0.2, -0.15) is 0 Å². The second-order valence-electron chi connectivity index (χ2n) is 6.03. The normalized spacial score (nSPS) is 25.4. The summed E-state index contributed by atoms with van der Waals surface area (Å²) in [4.78, 5) is 14.0. The number of aliphatic hydroxyl groups excluding tert-OH is 1. The molecule has 1 aromatic rings. The Morgan fingerprint density at radius 3 is 2.65 bits per heavy atom. The molecule has 1 aliphatic heterocycles. The number of nitrogens with one attached hydrogen (secondary N) is 1. The minimum atomic E-state index is -3.47. The Kier molecular flexibility index (Phi) is 5.10. The minimum Gasteiger partial charge on any atom is -0.388 e. The second kappa shape index (κ2) is 6.56. The van der Waals surface area contributed by atoms with E-state index in [4.69, 9.17) is 0 Å². The van der Waals surface area contributed by atoms with E-state index in [0.717, 1.165) is 11.8 Å². The number of amides is 1. The SMILES string of the molecule is Cc1ccccc1C(=O)N1CC[C@@](O)(CNS(C)(=O)=O)[C@H](O)C1. The van der Waals surface area contributed by atoms with Crippen molar-refractivity contribution in [3.05, 3.63) is 35.4 Å². The molecule has 0 spiro atoms. The van der Waals surface area contributed by atoms with Crippen LogP contribution in [-0.4, -0.2) is 67.0 Å². The standard InChI is InChI=1S/C15H22N2O5S/c1-11-5-3-4-6-12(11)14(19)17-8-7-15(20,13(18)9-17)10-16-23(2,21)22/h3-6,13,16,18,20H,7-10H2,1-2H3/t13-,15-/m1/s1. The largest absolute Gasteiger partial charge is 0.388 e. The van der Waals surface area contributed by atoms with Gasteiger partial charge in [-0.3, -0.25) is 4.79 Å². The van der Waals surface area contributed by atoms with Gasteiger partial charge in [-0.25, -0.2) is 13.1 Å². The lowest BCUT2D eigenvalue weighted by Crippen LogP contribution is -2.61. The Bertz CT molecular complexity index is 691. The molecule has 0 bridgehead atoms. The summed E-state index contributed by atoms with van der Waals surface area (Å²) < 4.78 is 24.5. The minimum absolute atomic E-state index is 0.0465. The van der Waals surface area contributed by atoms with Crippen LogP contribution in [0.5, 0.6) is 0 Å². The fraction of sp³-hybridized carbons (Fsp3) is 0.533. The van der Waals surface area contributed by atoms with Gasteiger partial charge in [0.15, 0.2) is 0 Å². The second-order valence-corrected chi connectivity index (χ2v) is 7.86. The molecule has 0 aliphatic carbocycles. The van der Waals surface area contributed by atoms with Crippen molar-refractivity contribution in [2.24, 2.45) is 0 Å². The van der Waals surface area contributed by atoms with Crippen LogP contribution in [0.15, 0.2) is 24.3 Å². The van der Waals surface area contributed by atoms with Gasteiger partial charge in [-0.1, -0.05) is 18.2 Å². The fourth-order valence-electron chi connectivity index (χ4n) is 2.60. The van der Waals surface area contributed by atoms with Gasteiger partial charge >= 0.3 is 0 Å². The lowest BCUT2D eigenvalue weighted by Gasteiger charge is -2.42. The van der Waals surface area contributed by atoms with Gasteiger partial charge < -0.3 is 15.1 Å². The Morgan fingerprint density at radius 2 is 2.09 bits per heavy atom. The molecular formula is C15H22N2O5S. The molecule has 8 heteroatoms. The molecule has 0 aromatic heterocycles. The summed E-state index contributed by atoms with van der Waals surface area (Å²) in [6, 6.07) is 7.16. The first kappa shape index (κ1) is 17.9. The van der Waals surface area contributed by atoms with Crippen LogP contribution in [-0.2, 0) is 10.0 Å². The van der Waals surface area contributed by atoms with Crippen LogP contribution in [0.2, 0.25) is 0 Å². The van der Waals surface area contributed by atoms with E-state index in [0.29, 0.717) is 5.56 Å². The van der Waals surface area contributed by atoms with Crippen molar-refractivity contribution in [3.8, 4) is 0 Å². The van der Waals surface area contributed by atoms with E-state index in [1.165, 1.54) is 4.90 Å². The fourth-order valence-corrected chi connectivity index (χ4v) is 3.11. The predicted molar refractivity (Wildman–Crippen MR) is 85.5 cm³/mol. The highest BCUT2D eigenvalue weighted by Gasteiger charge is 2.42. The molecule has 1 aliphatic rings. The number of carbonyl (C=O) groups excluding carboxylic acids is 1. The van der Waals surface area contributed by atoms with Gasteiger partial charge in [0.1, 0.15) is 11.7 Å². The quantitative estimate of drug-likeness (QED) is 0.683. The molecular weight excluding hydrogens is 320 g/mol. The average molecular weight is 342 g/mol. The Hall–Kier alpha value is -1.48. The Morgan fingerprint density at radius 1 is 1.43 bits per heavy atom. The molecule has 2 atom stereocenters. The molecule has 7 nitrogen and oxygen atoms in total. The van der Waals surface area contributed by atoms with E-state index in [-0.39, 0.29) is 32.0 Å². The van der Waals surface area contributed by atoms with Crippen molar-refractivity contribution in [3.63, 3.8) is 0 Å². The highest BCUT2D eigenvalue weighted by Crippen LogP contribution is 2.24. The van der Waals surface area contributed by atoms with Gasteiger partial charge in [-0.05, 0) is 25.0 Å². The molecule has 1 saturated heterocycles. The number of rotatable bonds is 4. The highest BCUT2D eigenvalue weighted by atomic mass is 32.2. The first-order valence-electron chi connectivity index (χ1n) is 7.32. The Balaban J connectivity index is 2.06. The van der Waals surface area contributed by atoms with Gasteiger partial charge in [-0.15, -0.1) is 0 Å². The molecule has 1 amide bonds. The zero-order valence-corrected chi connectivity index (χ0v) is 14.0. The van der Waals surface area contributed by atoms with Crippen molar-refractivity contribution in [2.45, 2.75) is 25.0 Å². The molecule has 0 unspecified atom stereocenters. The lowest BCUT2D eigenvalue weighted by atomic mass is 9.88. The summed E-state index contributed by atoms with van der Waals surface area (Å²) in [5, 5.41) is 20.6. The zero-order chi connectivity index (χ0) is 17.3. The number of benzene rings is 1. The number of likely N-dealkylation sites (tertiary alicyclic amines) is 1. The summed E-state index contributed by atoms with van der Waals surface area (Å²) >= 11 is 0. The maximum absolute atomic E-state index is 12.5. The van der Waals surface area contributed by atoms with Crippen LogP contribution < -0.4 is 4.72 Å². The highest BCUT2D eigenvalue weighted by molar-refractivity contribution is 7.88. The molecule has 1 aromatic carbocycles. The van der Waals surface area contributed by atoms with Crippen LogP contribution in [0.1, 0.15) is 22.3 Å². The molecule has 128 valence electrons. The summed E-state index contributed by atoms with van der Waals surface area (Å²) in [6.07, 6.45) is -0.146. The van der Waals surface area contributed by atoms with E-state index in [1.807, 2.05) is 19.1 Å². The van der Waals surface area contributed by atoms with Crippen LogP contribution in [0.25, 0.3) is 0 Å². The molecule has 2 rings (SSSR count). The monoisotopic (exact) mass is 342 g/mol. The summed E-state index contributed by atoms with van der Waals surface area (Å²) in [7, 11) is -3.47. The number of aryl methyl sites for hydroxylation is 1. The molecule has 0 saturated carbocycles. The maximum Gasteiger partial charge on any atom is 0.254 e. The van der Waals surface area contributed by atoms with E-state index in [1.54, 1.807) is 12.1 Å². The van der Waals surface area contributed by atoms with Crippen LogP contribution in [0.3, 0.4) is 0 Å². The van der Waals surface area contributed by atoms with E-state index >= 15 is 0 Å². The van der Waals surface area contributed by atoms with Gasteiger partial charge in [0.2, 0.25) is 10.0 Å². The van der Waals surface area contributed by atoms with E-state index in [9.17, 15) is 23.4 Å². The number of hydrogen-bond donors (Lipinski definition) is 3. The van der Waals surface area contributed by atoms with Crippen molar-refractivity contribution < 1.29 is 23.4 Å². The zero-order valence-electron chi connectivity index (χ0n) is 13.2. The number of sulfonamides is 1. The van der Waals surface area contributed by atoms with Crippen molar-refractivity contribution in [2.75, 3.05) is 25.9 Å². The molecule has 3 N–H and O–H groups in total. The number of carbonyl (C=O) groups is 1. The topological polar surface area (TPSA) is 107 Å². The van der Waals surface area contributed by atoms with E-state index in [2.05, 4.69) is 4.72 Å². The van der Waals surface area contributed by atoms with Crippen LogP contribution in [0.4, 0.5) is 0 Å². The molecule has 1 fully saturated rings. The summed E-state index contributed by atoms with van der Waals surface area (Å²) in [5.41, 5.74) is -0.183. The summed E-state index contributed by atoms with van der Waals surface area (Å²) in [5.74, 6) is -0.208. The third kappa shape index (κ3) is 4.29. The van der Waals surface area contributed by atoms with Gasteiger partial charge in [0.25, 0.3) is 5.91 Å². The van der Waals surface area contributed by atoms with Crippen molar-refractivity contribution >= 4 is 15.9 Å². The number of β-amino-alcohol motifs (C(OH)–C–C–N with tert-alkyl or cyclic N) is 1. The van der Waals surface area contributed by atoms with E-state index < -0.39 is 21.7 Å². The number of nitrogens with zero attached hydrogens (tertiary/aromatic N) is 1. The molecule has 23 heavy (non-hydrogen) atoms. The first-order chi connectivity index (χ1) is 10.6. The van der Waals surface area contributed by atoms with Gasteiger partial charge in [0, 0.05) is 25.2 Å².